The number of rotatable bonds is 2. The van der Waals surface area contributed by atoms with Gasteiger partial charge in [-0.05, 0) is 45.4 Å². The van der Waals surface area contributed by atoms with Crippen molar-refractivity contribution in [1.82, 2.24) is 9.80 Å². The summed E-state index contributed by atoms with van der Waals surface area (Å²) in [4.78, 5) is 27.9. The van der Waals surface area contributed by atoms with E-state index >= 15 is 0 Å². The minimum Gasteiger partial charge on any atom is -0.481 e. The number of hydrogen-bond donors (Lipinski definition) is 1. The molecule has 5 nitrogen and oxygen atoms in total. The lowest BCUT2D eigenvalue weighted by atomic mass is 9.74. The predicted molar refractivity (Wildman–Crippen MR) is 81.2 cm³/mol. The fourth-order valence-electron chi connectivity index (χ4n) is 3.38. The second kappa shape index (κ2) is 6.67. The van der Waals surface area contributed by atoms with E-state index in [0.29, 0.717) is 6.54 Å². The van der Waals surface area contributed by atoms with Crippen LogP contribution in [0.5, 0.6) is 0 Å². The topological polar surface area (TPSA) is 60.9 Å². The summed E-state index contributed by atoms with van der Waals surface area (Å²) in [7, 11) is 0. The van der Waals surface area contributed by atoms with Crippen LogP contribution < -0.4 is 0 Å². The van der Waals surface area contributed by atoms with Gasteiger partial charge in [0.1, 0.15) is 0 Å². The lowest BCUT2D eigenvalue weighted by molar-refractivity contribution is -0.151. The van der Waals surface area contributed by atoms with E-state index in [-0.39, 0.29) is 11.9 Å². The molecule has 0 aromatic carbocycles. The first-order valence-corrected chi connectivity index (χ1v) is 8.20. The fraction of sp³-hybridized carbons (Fsp3) is 0.875. The maximum Gasteiger partial charge on any atom is 0.320 e. The molecule has 0 aliphatic carbocycles. The van der Waals surface area contributed by atoms with E-state index in [9.17, 15) is 14.7 Å². The van der Waals surface area contributed by atoms with Crippen molar-refractivity contribution in [2.24, 2.45) is 11.3 Å². The minimum absolute atomic E-state index is 0.0414. The molecule has 5 heteroatoms. The molecule has 2 heterocycles. The van der Waals surface area contributed by atoms with Gasteiger partial charge in [0.05, 0.1) is 5.41 Å². The Labute approximate surface area is 127 Å². The monoisotopic (exact) mass is 296 g/mol. The highest BCUT2D eigenvalue weighted by Gasteiger charge is 2.40. The van der Waals surface area contributed by atoms with Gasteiger partial charge in [-0.3, -0.25) is 4.79 Å². The third-order valence-corrected chi connectivity index (χ3v) is 5.14. The van der Waals surface area contributed by atoms with Gasteiger partial charge in [0, 0.05) is 26.2 Å². The molecule has 0 spiro atoms. The Hall–Kier alpha value is -1.26. The molecule has 0 radical (unpaired) electrons. The number of urea groups is 1. The van der Waals surface area contributed by atoms with Crippen LogP contribution in [0.1, 0.15) is 52.4 Å². The highest BCUT2D eigenvalue weighted by atomic mass is 16.4. The van der Waals surface area contributed by atoms with Crippen LogP contribution in [0.2, 0.25) is 0 Å². The summed E-state index contributed by atoms with van der Waals surface area (Å²) in [5, 5.41) is 9.39. The maximum absolute atomic E-state index is 12.7. The summed E-state index contributed by atoms with van der Waals surface area (Å²) in [6.07, 6.45) is 6.38. The van der Waals surface area contributed by atoms with E-state index in [1.807, 2.05) is 9.80 Å². The highest BCUT2D eigenvalue weighted by Crippen LogP contribution is 2.34. The summed E-state index contributed by atoms with van der Waals surface area (Å²) in [5.74, 6) is -0.726. The summed E-state index contributed by atoms with van der Waals surface area (Å²) in [6.45, 7) is 6.60. The molecule has 2 aliphatic rings. The SMILES string of the molecule is CC(C)(C(=O)O)C1CCCN(C(=O)N2CCCCCC2)C1. The van der Waals surface area contributed by atoms with Crippen molar-refractivity contribution in [2.75, 3.05) is 26.2 Å². The van der Waals surface area contributed by atoms with Gasteiger partial charge in [-0.2, -0.15) is 0 Å². The quantitative estimate of drug-likeness (QED) is 0.852. The van der Waals surface area contributed by atoms with E-state index in [1.54, 1.807) is 13.8 Å². The van der Waals surface area contributed by atoms with Crippen LogP contribution in [0.3, 0.4) is 0 Å². The number of hydrogen-bond acceptors (Lipinski definition) is 2. The molecule has 2 aliphatic heterocycles. The second-order valence-electron chi connectivity index (χ2n) is 7.00. The van der Waals surface area contributed by atoms with E-state index in [1.165, 1.54) is 12.8 Å². The maximum atomic E-state index is 12.7. The average Bonchev–Trinajstić information content (AvgIpc) is 2.75. The lowest BCUT2D eigenvalue weighted by Gasteiger charge is -2.40. The molecular weight excluding hydrogens is 268 g/mol. The number of carbonyl (C=O) groups is 2. The Bertz CT molecular complexity index is 387. The van der Waals surface area contributed by atoms with Gasteiger partial charge in [0.2, 0.25) is 0 Å². The largest absolute Gasteiger partial charge is 0.481 e. The molecule has 2 saturated heterocycles. The van der Waals surface area contributed by atoms with Gasteiger partial charge < -0.3 is 14.9 Å². The van der Waals surface area contributed by atoms with Crippen molar-refractivity contribution >= 4 is 12.0 Å². The molecule has 1 atom stereocenters. The number of carboxylic acids is 1. The smallest absolute Gasteiger partial charge is 0.320 e. The third-order valence-electron chi connectivity index (χ3n) is 5.14. The van der Waals surface area contributed by atoms with Crippen LogP contribution >= 0.6 is 0 Å². The van der Waals surface area contributed by atoms with Crippen LogP contribution in [-0.4, -0.2) is 53.1 Å². The first kappa shape index (κ1) is 16.1. The summed E-state index contributed by atoms with van der Waals surface area (Å²) < 4.78 is 0. The Morgan fingerprint density at radius 3 is 2.10 bits per heavy atom. The highest BCUT2D eigenvalue weighted by molar-refractivity contribution is 5.76. The Kier molecular flexibility index (Phi) is 5.12. The van der Waals surface area contributed by atoms with Crippen LogP contribution in [0.4, 0.5) is 4.79 Å². The number of amides is 2. The van der Waals surface area contributed by atoms with E-state index in [0.717, 1.165) is 45.3 Å². The van der Waals surface area contributed by atoms with E-state index in [4.69, 9.17) is 0 Å². The summed E-state index contributed by atoms with van der Waals surface area (Å²) >= 11 is 0. The Morgan fingerprint density at radius 2 is 1.52 bits per heavy atom. The number of aliphatic carboxylic acids is 1. The van der Waals surface area contributed by atoms with E-state index in [2.05, 4.69) is 0 Å². The molecule has 0 saturated carbocycles. The molecule has 0 aromatic heterocycles. The second-order valence-corrected chi connectivity index (χ2v) is 7.00. The number of carboxylic acid groups (broad SMARTS) is 1. The first-order chi connectivity index (χ1) is 9.93. The van der Waals surface area contributed by atoms with Crippen LogP contribution in [0, 0.1) is 11.3 Å². The van der Waals surface area contributed by atoms with Gasteiger partial charge in [-0.15, -0.1) is 0 Å². The third kappa shape index (κ3) is 3.69. The number of carbonyl (C=O) groups excluding carboxylic acids is 1. The van der Waals surface area contributed by atoms with Gasteiger partial charge in [0.25, 0.3) is 0 Å². The number of piperidine rings is 1. The Morgan fingerprint density at radius 1 is 0.952 bits per heavy atom. The van der Waals surface area contributed by atoms with Crippen molar-refractivity contribution < 1.29 is 14.7 Å². The molecule has 1 N–H and O–H groups in total. The van der Waals surface area contributed by atoms with Crippen molar-refractivity contribution in [3.63, 3.8) is 0 Å². The molecule has 0 bridgehead atoms. The van der Waals surface area contributed by atoms with Gasteiger partial charge in [-0.1, -0.05) is 12.8 Å². The summed E-state index contributed by atoms with van der Waals surface area (Å²) in [6, 6.07) is 0.114. The van der Waals surface area contributed by atoms with Crippen molar-refractivity contribution in [3.8, 4) is 0 Å². The average molecular weight is 296 g/mol. The summed E-state index contributed by atoms with van der Waals surface area (Å²) in [5.41, 5.74) is -0.766. The molecule has 1 unspecified atom stereocenters. The molecular formula is C16H28N2O3. The standard InChI is InChI=1S/C16H28N2O3/c1-16(2,14(19)20)13-8-7-11-18(12-13)15(21)17-9-5-3-4-6-10-17/h13H,3-12H2,1-2H3,(H,19,20). The molecule has 21 heavy (non-hydrogen) atoms. The molecule has 2 rings (SSSR count). The predicted octanol–water partition coefficient (Wildman–Crippen LogP) is 2.81. The fourth-order valence-corrected chi connectivity index (χ4v) is 3.38. The zero-order chi connectivity index (χ0) is 15.5. The Balaban J connectivity index is 1.99. The van der Waals surface area contributed by atoms with Gasteiger partial charge in [-0.25, -0.2) is 4.79 Å². The minimum atomic E-state index is -0.767. The lowest BCUT2D eigenvalue weighted by Crippen LogP contribution is -2.51. The van der Waals surface area contributed by atoms with Gasteiger partial charge >= 0.3 is 12.0 Å². The molecule has 2 fully saturated rings. The van der Waals surface area contributed by atoms with Gasteiger partial charge in [0.15, 0.2) is 0 Å². The van der Waals surface area contributed by atoms with Crippen LogP contribution in [0.15, 0.2) is 0 Å². The van der Waals surface area contributed by atoms with E-state index < -0.39 is 11.4 Å². The zero-order valence-electron chi connectivity index (χ0n) is 13.3. The molecule has 0 aromatic rings. The first-order valence-electron chi connectivity index (χ1n) is 8.20. The number of nitrogens with zero attached hydrogens (tertiary/aromatic N) is 2. The van der Waals surface area contributed by atoms with Crippen molar-refractivity contribution in [3.05, 3.63) is 0 Å². The van der Waals surface area contributed by atoms with Crippen molar-refractivity contribution in [1.29, 1.82) is 0 Å². The normalized spacial score (nSPS) is 24.6. The van der Waals surface area contributed by atoms with Crippen LogP contribution in [0.25, 0.3) is 0 Å². The van der Waals surface area contributed by atoms with Crippen molar-refractivity contribution in [2.45, 2.75) is 52.4 Å². The zero-order valence-corrected chi connectivity index (χ0v) is 13.3. The molecule has 2 amide bonds. The number of likely N-dealkylation sites (tertiary alicyclic amines) is 2. The molecule has 120 valence electrons. The van der Waals surface area contributed by atoms with Crippen LogP contribution in [-0.2, 0) is 4.79 Å².